The third kappa shape index (κ3) is 35.0. The molecule has 0 bridgehead atoms. The Bertz CT molecular complexity index is 1290. The summed E-state index contributed by atoms with van der Waals surface area (Å²) in [6, 6.07) is 0. The van der Waals surface area contributed by atoms with Crippen LogP contribution in [0.4, 0.5) is 0 Å². The number of aliphatic hydroxyl groups is 3. The molecule has 12 nitrogen and oxygen atoms in total. The first-order chi connectivity index (χ1) is 30.6. The van der Waals surface area contributed by atoms with Crippen LogP contribution >= 0.6 is 0 Å². The summed E-state index contributed by atoms with van der Waals surface area (Å²) in [5, 5.41) is 30.7. The summed E-state index contributed by atoms with van der Waals surface area (Å²) < 4.78 is 59.2. The Kier molecular flexibility index (Phi) is 38.9. The highest BCUT2D eigenvalue weighted by Crippen LogP contribution is 2.26. The van der Waals surface area contributed by atoms with Gasteiger partial charge in [0.05, 0.1) is 19.8 Å². The van der Waals surface area contributed by atoms with E-state index in [0.717, 1.165) is 70.6 Å². The number of unbranched alkanes of at least 4 members (excludes halogenated alkanes) is 22. The molecule has 0 aromatic heterocycles. The third-order valence-electron chi connectivity index (χ3n) is 11.2. The zero-order valence-electron chi connectivity index (χ0n) is 39.4. The van der Waals surface area contributed by atoms with Crippen LogP contribution in [0.5, 0.6) is 0 Å². The van der Waals surface area contributed by atoms with Crippen LogP contribution in [-0.4, -0.2) is 97.5 Å². The number of rotatable bonds is 43. The number of hydrogen-bond donors (Lipinski definition) is 4. The first-order valence-electron chi connectivity index (χ1n) is 24.9. The Morgan fingerprint density at radius 3 is 1.60 bits per heavy atom. The summed E-state index contributed by atoms with van der Waals surface area (Å²) >= 11 is 0. The summed E-state index contributed by atoms with van der Waals surface area (Å²) in [5.74, 6) is -0.401. The lowest BCUT2D eigenvalue weighted by molar-refractivity contribution is -0.301. The molecule has 63 heavy (non-hydrogen) atoms. The van der Waals surface area contributed by atoms with Gasteiger partial charge in [-0.25, -0.2) is 4.18 Å². The van der Waals surface area contributed by atoms with Crippen LogP contribution in [0.2, 0.25) is 0 Å². The van der Waals surface area contributed by atoms with Gasteiger partial charge in [0.15, 0.2) is 6.29 Å². The Balaban J connectivity index is 2.36. The van der Waals surface area contributed by atoms with Gasteiger partial charge >= 0.3 is 16.4 Å². The molecule has 1 rings (SSSR count). The van der Waals surface area contributed by atoms with Crippen LogP contribution < -0.4 is 0 Å². The van der Waals surface area contributed by atoms with Crippen LogP contribution in [-0.2, 0) is 38.3 Å². The van der Waals surface area contributed by atoms with Crippen molar-refractivity contribution in [1.29, 1.82) is 0 Å². The summed E-state index contributed by atoms with van der Waals surface area (Å²) in [6.07, 6.45) is 41.4. The van der Waals surface area contributed by atoms with Crippen molar-refractivity contribution < 1.29 is 56.2 Å². The molecule has 4 N–H and O–H groups in total. The second kappa shape index (κ2) is 41.5. The third-order valence-corrected chi connectivity index (χ3v) is 11.7. The highest BCUT2D eigenvalue weighted by Gasteiger charge is 2.48. The van der Waals surface area contributed by atoms with E-state index in [1.54, 1.807) is 0 Å². The average molecular weight is 915 g/mol. The molecule has 0 amide bonds. The van der Waals surface area contributed by atoms with E-state index < -0.39 is 59.8 Å². The number of carbonyl (C=O) groups excluding carboxylic acids is 1. The van der Waals surface area contributed by atoms with Crippen LogP contribution in [0.3, 0.4) is 0 Å². The normalized spacial score (nSPS) is 20.3. The smallest absolute Gasteiger partial charge is 0.397 e. The molecule has 1 saturated heterocycles. The van der Waals surface area contributed by atoms with Gasteiger partial charge < -0.3 is 34.3 Å². The highest BCUT2D eigenvalue weighted by molar-refractivity contribution is 7.80. The van der Waals surface area contributed by atoms with E-state index in [0.29, 0.717) is 13.0 Å². The molecule has 13 heteroatoms. The van der Waals surface area contributed by atoms with E-state index in [-0.39, 0.29) is 19.6 Å². The molecular weight excluding hydrogens is 825 g/mol. The Morgan fingerprint density at radius 1 is 0.619 bits per heavy atom. The van der Waals surface area contributed by atoms with Crippen LogP contribution in [0.25, 0.3) is 0 Å². The minimum atomic E-state index is -5.06. The Hall–Kier alpha value is -1.94. The summed E-state index contributed by atoms with van der Waals surface area (Å²) in [7, 11) is -5.06. The Labute approximate surface area is 383 Å². The molecule has 368 valence electrons. The molecule has 0 aliphatic carbocycles. The van der Waals surface area contributed by atoms with Crippen molar-refractivity contribution in [2.45, 2.75) is 237 Å². The van der Waals surface area contributed by atoms with Crippen molar-refractivity contribution in [3.8, 4) is 0 Å². The number of esters is 1. The summed E-state index contributed by atoms with van der Waals surface area (Å²) in [4.78, 5) is 12.9. The van der Waals surface area contributed by atoms with Gasteiger partial charge in [-0.3, -0.25) is 9.35 Å². The fraction of sp³-hybridized carbons (Fsp3) is 0.820. The number of ether oxygens (including phenoxy) is 4. The van der Waals surface area contributed by atoms with E-state index in [4.69, 9.17) is 18.9 Å². The van der Waals surface area contributed by atoms with Crippen molar-refractivity contribution in [3.63, 3.8) is 0 Å². The SMILES string of the molecule is CC/C=C\C/C=C\C/C=C\C/C=C\CCCCCCCCCCCOCC(COC1OC(CO)C(O)C(OS(=O)(=O)O)C1O)OC(=O)CCCCCCCCCCCCCCCC. The van der Waals surface area contributed by atoms with Gasteiger partial charge in [0, 0.05) is 13.0 Å². The molecule has 0 aromatic carbocycles. The molecule has 1 heterocycles. The second-order valence-corrected chi connectivity index (χ2v) is 18.1. The van der Waals surface area contributed by atoms with Crippen molar-refractivity contribution in [3.05, 3.63) is 48.6 Å². The van der Waals surface area contributed by atoms with Gasteiger partial charge in [-0.05, 0) is 51.4 Å². The van der Waals surface area contributed by atoms with Gasteiger partial charge in [-0.15, -0.1) is 0 Å². The minimum absolute atomic E-state index is 0.0329. The average Bonchev–Trinajstić information content (AvgIpc) is 3.26. The fourth-order valence-corrected chi connectivity index (χ4v) is 8.00. The quantitative estimate of drug-likeness (QED) is 0.0197. The molecule has 0 spiro atoms. The van der Waals surface area contributed by atoms with E-state index in [1.165, 1.54) is 103 Å². The number of aliphatic hydroxyl groups excluding tert-OH is 3. The van der Waals surface area contributed by atoms with E-state index >= 15 is 0 Å². The standard InChI is InChI=1S/C50H90O12S/c1-3-5-7-9-11-13-15-17-19-20-21-22-23-24-25-26-28-30-32-34-36-38-40-58-42-44(43-59-50-48(54)49(62-63(55,56)57)47(53)45(41-51)61-50)60-46(52)39-37-35-33-31-29-27-18-16-14-12-10-8-6-4-2/h5,7,11,13,17,19,21-22,44-45,47-51,53-54H,3-4,6,8-10,12,14-16,18,20,23-43H2,1-2H3,(H,55,56,57)/b7-5-,13-11-,19-17-,22-21-. The predicted octanol–water partition coefficient (Wildman–Crippen LogP) is 11.1. The zero-order chi connectivity index (χ0) is 46.1. The lowest BCUT2D eigenvalue weighted by Crippen LogP contribution is -2.60. The highest BCUT2D eigenvalue weighted by atomic mass is 32.3. The first-order valence-corrected chi connectivity index (χ1v) is 26.3. The fourth-order valence-electron chi connectivity index (χ4n) is 7.49. The Morgan fingerprint density at radius 2 is 1.10 bits per heavy atom. The van der Waals surface area contributed by atoms with Gasteiger partial charge in [-0.2, -0.15) is 8.42 Å². The van der Waals surface area contributed by atoms with Crippen molar-refractivity contribution in [2.24, 2.45) is 0 Å². The van der Waals surface area contributed by atoms with Gasteiger partial charge in [0.25, 0.3) is 0 Å². The monoisotopic (exact) mass is 915 g/mol. The minimum Gasteiger partial charge on any atom is -0.457 e. The number of allylic oxidation sites excluding steroid dienone is 8. The molecule has 0 radical (unpaired) electrons. The molecule has 1 fully saturated rings. The molecule has 1 aliphatic heterocycles. The lowest BCUT2D eigenvalue weighted by Gasteiger charge is -2.41. The van der Waals surface area contributed by atoms with Gasteiger partial charge in [0.2, 0.25) is 0 Å². The number of carbonyl (C=O) groups is 1. The topological polar surface area (TPSA) is 178 Å². The predicted molar refractivity (Wildman–Crippen MR) is 253 cm³/mol. The van der Waals surface area contributed by atoms with Crippen LogP contribution in [0.1, 0.15) is 200 Å². The van der Waals surface area contributed by atoms with Crippen molar-refractivity contribution in [1.82, 2.24) is 0 Å². The van der Waals surface area contributed by atoms with Crippen LogP contribution in [0.15, 0.2) is 48.6 Å². The molecular formula is C50H90O12S. The van der Waals surface area contributed by atoms with Gasteiger partial charge in [0.1, 0.15) is 30.5 Å². The van der Waals surface area contributed by atoms with Crippen molar-refractivity contribution in [2.75, 3.05) is 26.4 Å². The van der Waals surface area contributed by atoms with Crippen LogP contribution in [0, 0.1) is 0 Å². The second-order valence-electron chi connectivity index (χ2n) is 17.0. The van der Waals surface area contributed by atoms with Gasteiger partial charge in [-0.1, -0.05) is 191 Å². The first kappa shape index (κ1) is 59.1. The van der Waals surface area contributed by atoms with E-state index in [9.17, 15) is 33.1 Å². The lowest BCUT2D eigenvalue weighted by atomic mass is 9.99. The van der Waals surface area contributed by atoms with E-state index in [2.05, 4.69) is 66.6 Å². The van der Waals surface area contributed by atoms with Crippen molar-refractivity contribution >= 4 is 16.4 Å². The molecule has 0 saturated carbocycles. The largest absolute Gasteiger partial charge is 0.457 e. The maximum absolute atomic E-state index is 12.9. The molecule has 0 aromatic rings. The molecule has 6 atom stereocenters. The molecule has 6 unspecified atom stereocenters. The van der Waals surface area contributed by atoms with E-state index in [1.807, 2.05) is 0 Å². The number of hydrogen-bond acceptors (Lipinski definition) is 11. The zero-order valence-corrected chi connectivity index (χ0v) is 40.2. The maximum atomic E-state index is 12.9. The summed E-state index contributed by atoms with van der Waals surface area (Å²) in [5.41, 5.74) is 0. The maximum Gasteiger partial charge on any atom is 0.397 e. The molecule has 1 aliphatic rings. The summed E-state index contributed by atoms with van der Waals surface area (Å²) in [6.45, 7) is 3.88.